The van der Waals surface area contributed by atoms with Gasteiger partial charge in [-0.2, -0.15) is 0 Å². The summed E-state index contributed by atoms with van der Waals surface area (Å²) in [6, 6.07) is 5.88. The molecule has 104 valence electrons. The van der Waals surface area contributed by atoms with Crippen molar-refractivity contribution in [2.75, 3.05) is 20.3 Å². The van der Waals surface area contributed by atoms with E-state index in [1.807, 2.05) is 25.1 Å². The first-order chi connectivity index (χ1) is 9.30. The van der Waals surface area contributed by atoms with Gasteiger partial charge in [-0.3, -0.25) is 0 Å². The third-order valence-electron chi connectivity index (χ3n) is 3.03. The van der Waals surface area contributed by atoms with E-state index >= 15 is 0 Å². The predicted molar refractivity (Wildman–Crippen MR) is 77.0 cm³/mol. The average Bonchev–Trinajstić information content (AvgIpc) is 2.80. The third-order valence-corrected chi connectivity index (χ3v) is 3.27. The van der Waals surface area contributed by atoms with Gasteiger partial charge in [-0.15, -0.1) is 11.6 Å². The number of methoxy groups -OCH3 is 1. The van der Waals surface area contributed by atoms with Crippen molar-refractivity contribution in [1.29, 1.82) is 0 Å². The molecule has 0 atom stereocenters. The highest BCUT2D eigenvalue weighted by molar-refractivity contribution is 6.16. The topological polar surface area (TPSA) is 36.3 Å². The van der Waals surface area contributed by atoms with Crippen LogP contribution in [0, 0.1) is 0 Å². The van der Waals surface area contributed by atoms with Crippen molar-refractivity contribution in [2.24, 2.45) is 0 Å². The van der Waals surface area contributed by atoms with E-state index in [1.165, 1.54) is 0 Å². The molecule has 2 aromatic rings. The highest BCUT2D eigenvalue weighted by atomic mass is 35.5. The molecule has 2 rings (SSSR count). The van der Waals surface area contributed by atoms with Crippen molar-refractivity contribution in [2.45, 2.75) is 25.8 Å². The molecule has 1 aromatic heterocycles. The van der Waals surface area contributed by atoms with Crippen LogP contribution in [0.2, 0.25) is 0 Å². The van der Waals surface area contributed by atoms with Gasteiger partial charge in [0.15, 0.2) is 0 Å². The van der Waals surface area contributed by atoms with Crippen LogP contribution in [0.25, 0.3) is 11.0 Å². The number of aromatic nitrogens is 2. The Labute approximate surface area is 118 Å². The minimum atomic E-state index is 0.408. The molecule has 0 unspecified atom stereocenters. The van der Waals surface area contributed by atoms with Gasteiger partial charge < -0.3 is 14.0 Å². The number of nitrogens with zero attached hydrogens (tertiary/aromatic N) is 2. The maximum absolute atomic E-state index is 5.97. The van der Waals surface area contributed by atoms with Gasteiger partial charge in [0.2, 0.25) is 0 Å². The smallest absolute Gasteiger partial charge is 0.124 e. The summed E-state index contributed by atoms with van der Waals surface area (Å²) < 4.78 is 12.8. The summed E-state index contributed by atoms with van der Waals surface area (Å²) in [7, 11) is 1.67. The number of fused-ring (bicyclic) bond motifs is 1. The Kier molecular flexibility index (Phi) is 5.05. The van der Waals surface area contributed by atoms with Crippen LogP contribution in [0.15, 0.2) is 18.2 Å². The third kappa shape index (κ3) is 3.19. The zero-order valence-corrected chi connectivity index (χ0v) is 12.1. The summed E-state index contributed by atoms with van der Waals surface area (Å²) in [5.41, 5.74) is 2.01. The molecule has 4 nitrogen and oxygen atoms in total. The van der Waals surface area contributed by atoms with E-state index in [2.05, 4.69) is 9.55 Å². The second kappa shape index (κ2) is 6.78. The lowest BCUT2D eigenvalue weighted by Gasteiger charge is -2.08. The Bertz CT molecular complexity index is 539. The number of ether oxygens (including phenoxy) is 2. The minimum Gasteiger partial charge on any atom is -0.497 e. The molecule has 19 heavy (non-hydrogen) atoms. The molecule has 0 saturated carbocycles. The molecule has 0 bridgehead atoms. The van der Waals surface area contributed by atoms with E-state index in [1.54, 1.807) is 7.11 Å². The number of rotatable bonds is 7. The molecule has 0 aliphatic carbocycles. The zero-order valence-electron chi connectivity index (χ0n) is 11.4. The van der Waals surface area contributed by atoms with Crippen molar-refractivity contribution in [3.8, 4) is 5.75 Å². The Hall–Kier alpha value is -1.26. The first-order valence-corrected chi connectivity index (χ1v) is 7.00. The Morgan fingerprint density at radius 3 is 2.89 bits per heavy atom. The molecule has 0 N–H and O–H groups in total. The van der Waals surface area contributed by atoms with Crippen LogP contribution in [0.4, 0.5) is 0 Å². The van der Waals surface area contributed by atoms with E-state index in [9.17, 15) is 0 Å². The van der Waals surface area contributed by atoms with Crippen LogP contribution in [0.3, 0.4) is 0 Å². The summed E-state index contributed by atoms with van der Waals surface area (Å²) in [6.45, 7) is 4.36. The van der Waals surface area contributed by atoms with Gasteiger partial charge in [0.05, 0.1) is 24.0 Å². The molecule has 5 heteroatoms. The van der Waals surface area contributed by atoms with Crippen LogP contribution in [-0.4, -0.2) is 29.9 Å². The standard InChI is InChI=1S/C14H19ClN2O2/c1-3-19-8-4-7-17-13-9-11(18-2)5-6-12(13)16-14(17)10-15/h5-6,9H,3-4,7-8,10H2,1-2H3. The van der Waals surface area contributed by atoms with E-state index in [0.717, 1.165) is 48.8 Å². The maximum Gasteiger partial charge on any atom is 0.124 e. The van der Waals surface area contributed by atoms with Crippen molar-refractivity contribution in [3.63, 3.8) is 0 Å². The van der Waals surface area contributed by atoms with E-state index in [-0.39, 0.29) is 0 Å². The second-order valence-electron chi connectivity index (χ2n) is 4.22. The lowest BCUT2D eigenvalue weighted by Crippen LogP contribution is -2.05. The van der Waals surface area contributed by atoms with Crippen LogP contribution >= 0.6 is 11.6 Å². The van der Waals surface area contributed by atoms with Crippen LogP contribution < -0.4 is 4.74 Å². The van der Waals surface area contributed by atoms with Crippen LogP contribution in [-0.2, 0) is 17.2 Å². The molecule has 0 saturated heterocycles. The molecule has 1 heterocycles. The number of alkyl halides is 1. The maximum atomic E-state index is 5.97. The fourth-order valence-corrected chi connectivity index (χ4v) is 2.30. The van der Waals surface area contributed by atoms with Gasteiger partial charge in [0.25, 0.3) is 0 Å². The highest BCUT2D eigenvalue weighted by Crippen LogP contribution is 2.23. The van der Waals surface area contributed by atoms with Gasteiger partial charge in [-0.25, -0.2) is 4.98 Å². The lowest BCUT2D eigenvalue weighted by molar-refractivity contribution is 0.142. The molecule has 0 fully saturated rings. The van der Waals surface area contributed by atoms with Gasteiger partial charge in [-0.1, -0.05) is 0 Å². The fourth-order valence-electron chi connectivity index (χ4n) is 2.10. The van der Waals surface area contributed by atoms with Crippen molar-refractivity contribution >= 4 is 22.6 Å². The Balaban J connectivity index is 2.27. The molecule has 1 aromatic carbocycles. The monoisotopic (exact) mass is 282 g/mol. The summed E-state index contributed by atoms with van der Waals surface area (Å²) in [4.78, 5) is 4.54. The Morgan fingerprint density at radius 2 is 2.21 bits per heavy atom. The molecule has 0 amide bonds. The van der Waals surface area contributed by atoms with E-state index in [0.29, 0.717) is 5.88 Å². The minimum absolute atomic E-state index is 0.408. The van der Waals surface area contributed by atoms with Gasteiger partial charge in [0, 0.05) is 25.8 Å². The summed E-state index contributed by atoms with van der Waals surface area (Å²) in [6.07, 6.45) is 0.945. The first-order valence-electron chi connectivity index (χ1n) is 6.47. The molecule has 0 aliphatic rings. The zero-order chi connectivity index (χ0) is 13.7. The number of aryl methyl sites for hydroxylation is 1. The molecular weight excluding hydrogens is 264 g/mol. The fraction of sp³-hybridized carbons (Fsp3) is 0.500. The Morgan fingerprint density at radius 1 is 1.37 bits per heavy atom. The summed E-state index contributed by atoms with van der Waals surface area (Å²) >= 11 is 5.97. The number of imidazole rings is 1. The average molecular weight is 283 g/mol. The van der Waals surface area contributed by atoms with Gasteiger partial charge in [-0.05, 0) is 25.5 Å². The van der Waals surface area contributed by atoms with E-state index < -0.39 is 0 Å². The van der Waals surface area contributed by atoms with Crippen molar-refractivity contribution in [1.82, 2.24) is 9.55 Å². The van der Waals surface area contributed by atoms with E-state index in [4.69, 9.17) is 21.1 Å². The highest BCUT2D eigenvalue weighted by Gasteiger charge is 2.10. The SMILES string of the molecule is CCOCCCn1c(CCl)nc2ccc(OC)cc21. The summed E-state index contributed by atoms with van der Waals surface area (Å²) in [5, 5.41) is 0. The van der Waals surface area contributed by atoms with Crippen LogP contribution in [0.5, 0.6) is 5.75 Å². The van der Waals surface area contributed by atoms with Gasteiger partial charge >= 0.3 is 0 Å². The normalized spacial score (nSPS) is 11.1. The van der Waals surface area contributed by atoms with Crippen molar-refractivity contribution < 1.29 is 9.47 Å². The van der Waals surface area contributed by atoms with Crippen LogP contribution in [0.1, 0.15) is 19.2 Å². The molecule has 0 spiro atoms. The molecular formula is C14H19ClN2O2. The largest absolute Gasteiger partial charge is 0.497 e. The summed E-state index contributed by atoms with van der Waals surface area (Å²) in [5.74, 6) is 2.13. The lowest BCUT2D eigenvalue weighted by atomic mass is 10.3. The number of halogens is 1. The first kappa shape index (κ1) is 14.2. The number of hydrogen-bond donors (Lipinski definition) is 0. The molecule has 0 radical (unpaired) electrons. The molecule has 0 aliphatic heterocycles. The van der Waals surface area contributed by atoms with Crippen molar-refractivity contribution in [3.05, 3.63) is 24.0 Å². The number of benzene rings is 1. The number of hydrogen-bond acceptors (Lipinski definition) is 3. The second-order valence-corrected chi connectivity index (χ2v) is 4.49. The predicted octanol–water partition coefficient (Wildman–Crippen LogP) is 3.21. The quantitative estimate of drug-likeness (QED) is 0.578. The van der Waals surface area contributed by atoms with Gasteiger partial charge in [0.1, 0.15) is 11.6 Å².